The summed E-state index contributed by atoms with van der Waals surface area (Å²) in [6.07, 6.45) is 8.59. The lowest BCUT2D eigenvalue weighted by molar-refractivity contribution is -0.891. The maximum Gasteiger partial charge on any atom is 0.246 e. The fourth-order valence-electron chi connectivity index (χ4n) is 4.25. The Morgan fingerprint density at radius 2 is 1.03 bits per heavy atom. The number of ketones is 1. The SMILES string of the molecule is CCOCCOCC(=O)CCCC[N+](C)(C)CCCCCC[N+](C)(C)CCCNC(=O)COCCOCC. The number of nitrogens with zero attached hydrogens (tertiary/aromatic N) is 2. The number of ether oxygens (including phenoxy) is 4. The maximum absolute atomic E-state index is 11.9. The third-order valence-electron chi connectivity index (χ3n) is 6.66. The van der Waals surface area contributed by atoms with Gasteiger partial charge in [-0.3, -0.25) is 9.59 Å². The lowest BCUT2D eigenvalue weighted by Gasteiger charge is -2.31. The minimum atomic E-state index is -0.0553. The zero-order chi connectivity index (χ0) is 28.5. The van der Waals surface area contributed by atoms with Crippen molar-refractivity contribution in [3.05, 3.63) is 0 Å². The fraction of sp³-hybridized carbons (Fsp3) is 0.931. The van der Waals surface area contributed by atoms with Crippen molar-refractivity contribution in [3.8, 4) is 0 Å². The Balaban J connectivity index is 3.71. The van der Waals surface area contributed by atoms with Gasteiger partial charge in [0.05, 0.1) is 80.8 Å². The van der Waals surface area contributed by atoms with Gasteiger partial charge in [-0.15, -0.1) is 0 Å². The second-order valence-corrected chi connectivity index (χ2v) is 11.4. The number of nitrogens with one attached hydrogen (secondary N) is 1. The van der Waals surface area contributed by atoms with Crippen LogP contribution in [0.25, 0.3) is 0 Å². The van der Waals surface area contributed by atoms with Crippen LogP contribution in [0.5, 0.6) is 0 Å². The Hall–Kier alpha value is -1.10. The molecule has 0 spiro atoms. The molecule has 38 heavy (non-hydrogen) atoms. The van der Waals surface area contributed by atoms with Gasteiger partial charge in [0.15, 0.2) is 5.78 Å². The van der Waals surface area contributed by atoms with Gasteiger partial charge < -0.3 is 33.2 Å². The second kappa shape index (κ2) is 23.8. The molecule has 0 aliphatic rings. The summed E-state index contributed by atoms with van der Waals surface area (Å²) >= 11 is 0. The van der Waals surface area contributed by atoms with Crippen molar-refractivity contribution < 1.29 is 37.5 Å². The van der Waals surface area contributed by atoms with Crippen LogP contribution in [0, 0.1) is 0 Å². The van der Waals surface area contributed by atoms with Gasteiger partial charge in [-0.05, 0) is 52.4 Å². The molecule has 1 N–H and O–H groups in total. The van der Waals surface area contributed by atoms with E-state index in [0.717, 1.165) is 47.9 Å². The van der Waals surface area contributed by atoms with E-state index in [1.165, 1.54) is 32.2 Å². The normalized spacial score (nSPS) is 12.2. The molecule has 0 aliphatic carbocycles. The van der Waals surface area contributed by atoms with Crippen molar-refractivity contribution >= 4 is 11.7 Å². The molecule has 9 nitrogen and oxygen atoms in total. The molecule has 0 aromatic rings. The van der Waals surface area contributed by atoms with Crippen molar-refractivity contribution in [1.82, 2.24) is 5.32 Å². The van der Waals surface area contributed by atoms with E-state index >= 15 is 0 Å². The molecule has 0 heterocycles. The molecule has 1 amide bonds. The number of carbonyl (C=O) groups is 2. The molecule has 0 fully saturated rings. The summed E-state index contributed by atoms with van der Waals surface area (Å²) in [4.78, 5) is 23.7. The lowest BCUT2D eigenvalue weighted by Crippen LogP contribution is -2.42. The quantitative estimate of drug-likeness (QED) is 0.120. The first-order valence-electron chi connectivity index (χ1n) is 14.8. The molecular weight excluding hydrogens is 486 g/mol. The summed E-state index contributed by atoms with van der Waals surface area (Å²) < 4.78 is 23.0. The van der Waals surface area contributed by atoms with E-state index in [9.17, 15) is 9.59 Å². The van der Waals surface area contributed by atoms with E-state index in [2.05, 4.69) is 33.5 Å². The van der Waals surface area contributed by atoms with Gasteiger partial charge in [0, 0.05) is 32.6 Å². The molecule has 0 aromatic carbocycles. The molecular formula is C29H61N3O6+2. The Labute approximate surface area is 233 Å². The topological polar surface area (TPSA) is 83.1 Å². The molecule has 0 saturated heterocycles. The second-order valence-electron chi connectivity index (χ2n) is 11.4. The van der Waals surface area contributed by atoms with Gasteiger partial charge in [0.2, 0.25) is 5.91 Å². The summed E-state index contributed by atoms with van der Waals surface area (Å²) in [5.41, 5.74) is 0. The summed E-state index contributed by atoms with van der Waals surface area (Å²) in [6, 6.07) is 0. The first kappa shape index (κ1) is 36.9. The van der Waals surface area contributed by atoms with E-state index in [-0.39, 0.29) is 24.9 Å². The van der Waals surface area contributed by atoms with Gasteiger partial charge >= 0.3 is 0 Å². The molecule has 0 rings (SSSR count). The number of unbranched alkanes of at least 4 members (excludes halogenated alkanes) is 4. The van der Waals surface area contributed by atoms with Gasteiger partial charge in [0.25, 0.3) is 0 Å². The van der Waals surface area contributed by atoms with Crippen molar-refractivity contribution in [2.24, 2.45) is 0 Å². The predicted molar refractivity (Wildman–Crippen MR) is 153 cm³/mol. The van der Waals surface area contributed by atoms with E-state index in [1.54, 1.807) is 0 Å². The van der Waals surface area contributed by atoms with Crippen LogP contribution in [0.15, 0.2) is 0 Å². The highest BCUT2D eigenvalue weighted by Gasteiger charge is 2.16. The average molecular weight is 548 g/mol. The summed E-state index contributed by atoms with van der Waals surface area (Å²) in [5, 5.41) is 2.94. The summed E-state index contributed by atoms with van der Waals surface area (Å²) in [6.45, 7) is 12.8. The van der Waals surface area contributed by atoms with E-state index in [1.807, 2.05) is 13.8 Å². The molecule has 0 atom stereocenters. The number of Topliss-reactive ketones (excluding diaryl/α,β-unsaturated/α-hetero) is 1. The van der Waals surface area contributed by atoms with Crippen LogP contribution in [-0.2, 0) is 28.5 Å². The minimum Gasteiger partial charge on any atom is -0.379 e. The molecule has 0 saturated carbocycles. The largest absolute Gasteiger partial charge is 0.379 e. The number of rotatable bonds is 28. The number of hydrogen-bond acceptors (Lipinski definition) is 6. The van der Waals surface area contributed by atoms with Crippen LogP contribution in [0.3, 0.4) is 0 Å². The third kappa shape index (κ3) is 25.2. The van der Waals surface area contributed by atoms with Gasteiger partial charge in [0.1, 0.15) is 13.2 Å². The molecule has 0 bridgehead atoms. The van der Waals surface area contributed by atoms with Gasteiger partial charge in [-0.1, -0.05) is 0 Å². The van der Waals surface area contributed by atoms with Crippen LogP contribution in [0.1, 0.15) is 65.2 Å². The number of amides is 1. The highest BCUT2D eigenvalue weighted by Crippen LogP contribution is 2.10. The molecule has 0 aromatic heterocycles. The fourth-order valence-corrected chi connectivity index (χ4v) is 4.25. The Morgan fingerprint density at radius 1 is 0.579 bits per heavy atom. The third-order valence-corrected chi connectivity index (χ3v) is 6.66. The maximum atomic E-state index is 11.9. The Bertz CT molecular complexity index is 537. The van der Waals surface area contributed by atoms with Gasteiger partial charge in [-0.25, -0.2) is 0 Å². The molecule has 0 radical (unpaired) electrons. The number of hydrogen-bond donors (Lipinski definition) is 1. The van der Waals surface area contributed by atoms with Crippen molar-refractivity contribution in [2.75, 3.05) is 114 Å². The first-order valence-corrected chi connectivity index (χ1v) is 14.8. The predicted octanol–water partition coefficient (Wildman–Crippen LogP) is 3.05. The van der Waals surface area contributed by atoms with E-state index in [0.29, 0.717) is 52.6 Å². The average Bonchev–Trinajstić information content (AvgIpc) is 2.86. The van der Waals surface area contributed by atoms with Crippen LogP contribution in [0.4, 0.5) is 0 Å². The highest BCUT2D eigenvalue weighted by atomic mass is 16.5. The van der Waals surface area contributed by atoms with Crippen LogP contribution in [-0.4, -0.2) is 134 Å². The number of carbonyl (C=O) groups excluding carboxylic acids is 2. The Morgan fingerprint density at radius 3 is 1.55 bits per heavy atom. The van der Waals surface area contributed by atoms with Crippen LogP contribution in [0.2, 0.25) is 0 Å². The Kier molecular flexibility index (Phi) is 23.1. The van der Waals surface area contributed by atoms with Crippen molar-refractivity contribution in [1.29, 1.82) is 0 Å². The monoisotopic (exact) mass is 547 g/mol. The zero-order valence-electron chi connectivity index (χ0n) is 25.7. The molecule has 0 aliphatic heterocycles. The molecule has 0 unspecified atom stereocenters. The zero-order valence-corrected chi connectivity index (χ0v) is 25.7. The van der Waals surface area contributed by atoms with E-state index in [4.69, 9.17) is 18.9 Å². The molecule has 9 heteroatoms. The summed E-state index contributed by atoms with van der Waals surface area (Å²) in [7, 11) is 9.14. The van der Waals surface area contributed by atoms with Gasteiger partial charge in [-0.2, -0.15) is 0 Å². The van der Waals surface area contributed by atoms with E-state index < -0.39 is 0 Å². The van der Waals surface area contributed by atoms with Crippen molar-refractivity contribution in [2.45, 2.75) is 65.2 Å². The molecule has 226 valence electrons. The number of quaternary nitrogens is 2. The van der Waals surface area contributed by atoms with Crippen molar-refractivity contribution in [3.63, 3.8) is 0 Å². The lowest BCUT2D eigenvalue weighted by atomic mass is 10.1. The van der Waals surface area contributed by atoms with Crippen LogP contribution >= 0.6 is 0 Å². The minimum absolute atomic E-state index is 0.0553. The van der Waals surface area contributed by atoms with Crippen LogP contribution < -0.4 is 5.32 Å². The first-order chi connectivity index (χ1) is 18.1. The standard InChI is InChI=1S/C29H60N3O6/c1-7-35-22-24-37-26-28(33)16-11-14-20-31(3,4)18-12-9-10-13-19-32(5,6)21-15-17-30-29(34)27-38-25-23-36-8-2/h7-27H2,1-6H3/q+1/p+1. The highest BCUT2D eigenvalue weighted by molar-refractivity contribution is 5.79. The summed E-state index contributed by atoms with van der Waals surface area (Å²) in [5.74, 6) is 0.136. The smallest absolute Gasteiger partial charge is 0.246 e.